The molecule has 0 radical (unpaired) electrons. The van der Waals surface area contributed by atoms with Crippen LogP contribution in [0.4, 0.5) is 0 Å². The van der Waals surface area contributed by atoms with E-state index in [1.807, 2.05) is 19.1 Å². The molecule has 0 saturated carbocycles. The van der Waals surface area contributed by atoms with Gasteiger partial charge in [0.2, 0.25) is 0 Å². The third-order valence-corrected chi connectivity index (χ3v) is 3.94. The maximum atomic E-state index is 5.84. The van der Waals surface area contributed by atoms with Crippen molar-refractivity contribution >= 4 is 0 Å². The quantitative estimate of drug-likeness (QED) is 0.886. The van der Waals surface area contributed by atoms with Crippen LogP contribution in [0, 0.1) is 0 Å². The monoisotopic (exact) mass is 316 g/mol. The van der Waals surface area contributed by atoms with Gasteiger partial charge in [0.25, 0.3) is 0 Å². The number of nitrogens with zero attached hydrogens (tertiary/aromatic N) is 3. The zero-order valence-electron chi connectivity index (χ0n) is 13.8. The Kier molecular flexibility index (Phi) is 5.25. The molecule has 1 aromatic carbocycles. The van der Waals surface area contributed by atoms with Crippen molar-refractivity contribution in [2.45, 2.75) is 32.9 Å². The molecule has 1 aromatic heterocycles. The molecule has 1 fully saturated rings. The van der Waals surface area contributed by atoms with Crippen molar-refractivity contribution in [1.82, 2.24) is 20.1 Å². The molecule has 6 nitrogen and oxygen atoms in total. The molecule has 124 valence electrons. The van der Waals surface area contributed by atoms with E-state index in [4.69, 9.17) is 9.47 Å². The zero-order valence-corrected chi connectivity index (χ0v) is 13.8. The van der Waals surface area contributed by atoms with Gasteiger partial charge in [-0.25, -0.2) is 4.98 Å². The Hall–Kier alpha value is -1.92. The molecular formula is C17H24N4O2. The Morgan fingerprint density at radius 1 is 1.39 bits per heavy atom. The molecule has 0 spiro atoms. The number of nitrogens with one attached hydrogen (secondary N) is 1. The molecule has 1 atom stereocenters. The van der Waals surface area contributed by atoms with Crippen LogP contribution in [-0.2, 0) is 17.7 Å². The summed E-state index contributed by atoms with van der Waals surface area (Å²) in [6, 6.07) is 8.28. The molecular weight excluding hydrogens is 292 g/mol. The Morgan fingerprint density at radius 3 is 3.09 bits per heavy atom. The first-order valence-electron chi connectivity index (χ1n) is 8.25. The lowest BCUT2D eigenvalue weighted by atomic mass is 10.1. The largest absolute Gasteiger partial charge is 0.494 e. The van der Waals surface area contributed by atoms with Gasteiger partial charge < -0.3 is 9.47 Å². The summed E-state index contributed by atoms with van der Waals surface area (Å²) in [5, 5.41) is 7.25. The number of aryl methyl sites for hydroxylation is 1. The van der Waals surface area contributed by atoms with Crippen molar-refractivity contribution in [3.63, 3.8) is 0 Å². The summed E-state index contributed by atoms with van der Waals surface area (Å²) in [6.07, 6.45) is 0.795. The molecule has 1 aliphatic heterocycles. The summed E-state index contributed by atoms with van der Waals surface area (Å²) in [7, 11) is 0. The molecule has 6 heteroatoms. The van der Waals surface area contributed by atoms with Crippen LogP contribution in [0.25, 0.3) is 0 Å². The van der Waals surface area contributed by atoms with Crippen molar-refractivity contribution in [1.29, 1.82) is 0 Å². The minimum absolute atomic E-state index is 0.0598. The lowest BCUT2D eigenvalue weighted by Gasteiger charge is -2.31. The Bertz CT molecular complexity index is 629. The van der Waals surface area contributed by atoms with Crippen LogP contribution in [0.3, 0.4) is 0 Å². The second-order valence-electron chi connectivity index (χ2n) is 5.67. The molecule has 1 N–H and O–H groups in total. The van der Waals surface area contributed by atoms with Gasteiger partial charge in [-0.2, -0.15) is 5.10 Å². The van der Waals surface area contributed by atoms with E-state index in [0.717, 1.165) is 43.5 Å². The fourth-order valence-corrected chi connectivity index (χ4v) is 2.77. The number of morpholine rings is 1. The molecule has 0 aliphatic carbocycles. The van der Waals surface area contributed by atoms with Gasteiger partial charge in [0.05, 0.1) is 13.2 Å². The summed E-state index contributed by atoms with van der Waals surface area (Å²) >= 11 is 0. The fourth-order valence-electron chi connectivity index (χ4n) is 2.77. The Morgan fingerprint density at radius 2 is 2.30 bits per heavy atom. The SMILES string of the molecule is CCOc1cccc(CN2CCO[C@@H](c3n[nH]c(CC)n3)C2)c1. The van der Waals surface area contributed by atoms with Crippen LogP contribution in [0.2, 0.25) is 0 Å². The van der Waals surface area contributed by atoms with Crippen molar-refractivity contribution < 1.29 is 9.47 Å². The highest BCUT2D eigenvalue weighted by molar-refractivity contribution is 5.28. The van der Waals surface area contributed by atoms with Crippen molar-refractivity contribution in [2.24, 2.45) is 0 Å². The van der Waals surface area contributed by atoms with Gasteiger partial charge in [0, 0.05) is 26.1 Å². The lowest BCUT2D eigenvalue weighted by Crippen LogP contribution is -2.38. The van der Waals surface area contributed by atoms with Gasteiger partial charge in [0.1, 0.15) is 17.7 Å². The summed E-state index contributed by atoms with van der Waals surface area (Å²) in [5.41, 5.74) is 1.25. The van der Waals surface area contributed by atoms with E-state index >= 15 is 0 Å². The van der Waals surface area contributed by atoms with Gasteiger partial charge in [-0.05, 0) is 24.6 Å². The molecule has 3 rings (SSSR count). The summed E-state index contributed by atoms with van der Waals surface area (Å²) in [4.78, 5) is 6.87. The van der Waals surface area contributed by atoms with Gasteiger partial charge in [-0.1, -0.05) is 19.1 Å². The number of hydrogen-bond acceptors (Lipinski definition) is 5. The van der Waals surface area contributed by atoms with Crippen molar-refractivity contribution in [3.8, 4) is 5.75 Å². The molecule has 23 heavy (non-hydrogen) atoms. The fraction of sp³-hybridized carbons (Fsp3) is 0.529. The predicted octanol–water partition coefficient (Wildman–Crippen LogP) is 2.34. The lowest BCUT2D eigenvalue weighted by molar-refractivity contribution is -0.0370. The number of hydrogen-bond donors (Lipinski definition) is 1. The first-order valence-corrected chi connectivity index (χ1v) is 8.25. The van der Waals surface area contributed by atoms with Crippen LogP contribution < -0.4 is 4.74 Å². The Balaban J connectivity index is 1.63. The molecule has 1 aliphatic rings. The summed E-state index contributed by atoms with van der Waals surface area (Å²) in [6.45, 7) is 8.05. The van der Waals surface area contributed by atoms with E-state index < -0.39 is 0 Å². The maximum Gasteiger partial charge on any atom is 0.180 e. The number of aromatic nitrogens is 3. The van der Waals surface area contributed by atoms with Crippen LogP contribution in [-0.4, -0.2) is 46.4 Å². The number of ether oxygens (including phenoxy) is 2. The summed E-state index contributed by atoms with van der Waals surface area (Å²) in [5.74, 6) is 2.59. The number of H-pyrrole nitrogens is 1. The second kappa shape index (κ2) is 7.57. The number of benzene rings is 1. The number of aromatic amines is 1. The van der Waals surface area contributed by atoms with Crippen molar-refractivity contribution in [3.05, 3.63) is 41.5 Å². The van der Waals surface area contributed by atoms with Crippen LogP contribution >= 0.6 is 0 Å². The normalized spacial score (nSPS) is 19.0. The van der Waals surface area contributed by atoms with E-state index in [1.165, 1.54) is 5.56 Å². The smallest absolute Gasteiger partial charge is 0.180 e. The minimum Gasteiger partial charge on any atom is -0.494 e. The van der Waals surface area contributed by atoms with Crippen molar-refractivity contribution in [2.75, 3.05) is 26.3 Å². The zero-order chi connectivity index (χ0) is 16.1. The van der Waals surface area contributed by atoms with Gasteiger partial charge in [0.15, 0.2) is 5.82 Å². The third-order valence-electron chi connectivity index (χ3n) is 3.94. The second-order valence-corrected chi connectivity index (χ2v) is 5.67. The first kappa shape index (κ1) is 16.0. The minimum atomic E-state index is -0.0598. The average molecular weight is 316 g/mol. The van der Waals surface area contributed by atoms with Crippen LogP contribution in [0.1, 0.15) is 37.2 Å². The number of rotatable bonds is 6. The highest BCUT2D eigenvalue weighted by Crippen LogP contribution is 2.22. The highest BCUT2D eigenvalue weighted by Gasteiger charge is 2.25. The van der Waals surface area contributed by atoms with Gasteiger partial charge >= 0.3 is 0 Å². The third kappa shape index (κ3) is 4.09. The molecule has 0 unspecified atom stereocenters. The van der Waals surface area contributed by atoms with Crippen LogP contribution in [0.5, 0.6) is 5.75 Å². The molecule has 1 saturated heterocycles. The molecule has 2 heterocycles. The predicted molar refractivity (Wildman–Crippen MR) is 87.3 cm³/mol. The Labute approximate surface area is 136 Å². The molecule has 2 aromatic rings. The molecule has 0 amide bonds. The standard InChI is InChI=1S/C17H24N4O2/c1-3-16-18-17(20-19-16)15-12-21(8-9-23-15)11-13-6-5-7-14(10-13)22-4-2/h5-7,10,15H,3-4,8-9,11-12H2,1-2H3,(H,18,19,20)/t15-/m1/s1. The van der Waals surface area contributed by atoms with Gasteiger partial charge in [-0.15, -0.1) is 0 Å². The van der Waals surface area contributed by atoms with E-state index in [9.17, 15) is 0 Å². The van der Waals surface area contributed by atoms with Gasteiger partial charge in [-0.3, -0.25) is 10.00 Å². The van der Waals surface area contributed by atoms with E-state index in [-0.39, 0.29) is 6.10 Å². The maximum absolute atomic E-state index is 5.84. The van der Waals surface area contributed by atoms with E-state index in [2.05, 4.69) is 39.1 Å². The topological polar surface area (TPSA) is 63.3 Å². The van der Waals surface area contributed by atoms with E-state index in [0.29, 0.717) is 13.2 Å². The summed E-state index contributed by atoms with van der Waals surface area (Å²) < 4.78 is 11.4. The van der Waals surface area contributed by atoms with Crippen LogP contribution in [0.15, 0.2) is 24.3 Å². The highest BCUT2D eigenvalue weighted by atomic mass is 16.5. The van der Waals surface area contributed by atoms with E-state index in [1.54, 1.807) is 0 Å². The molecule has 0 bridgehead atoms. The average Bonchev–Trinajstić information content (AvgIpc) is 3.05. The first-order chi connectivity index (χ1) is 11.3.